The van der Waals surface area contributed by atoms with Crippen LogP contribution in [-0.4, -0.2) is 128 Å². The molecule has 0 saturated carbocycles. The number of nitrogen functional groups attached to an aromatic ring is 1. The van der Waals surface area contributed by atoms with E-state index in [2.05, 4.69) is 34.4 Å². The monoisotopic (exact) mass is 905 g/mol. The number of allylic oxidation sites excluding steroid dienone is 2. The maximum Gasteiger partial charge on any atom is 0.481 e. The topological polar surface area (TPSA) is 381 Å². The first-order valence-corrected chi connectivity index (χ1v) is 22.7. The number of aliphatic hydroxyl groups excluding tert-OH is 2. The zero-order chi connectivity index (χ0) is 43.5. The van der Waals surface area contributed by atoms with Crippen molar-refractivity contribution < 1.29 is 85.3 Å². The Morgan fingerprint density at radius 1 is 1.05 bits per heavy atom. The van der Waals surface area contributed by atoms with Crippen molar-refractivity contribution in [3.63, 3.8) is 0 Å². The molecule has 25 nitrogen and oxygen atoms in total. The van der Waals surface area contributed by atoms with Crippen molar-refractivity contribution in [2.24, 2.45) is 5.41 Å². The lowest BCUT2D eigenvalue weighted by Gasteiger charge is -2.30. The second kappa shape index (κ2) is 21.5. The van der Waals surface area contributed by atoms with Gasteiger partial charge in [-0.3, -0.25) is 37.3 Å². The molecule has 29 heteroatoms. The molecule has 2 aromatic rings. The zero-order valence-corrected chi connectivity index (χ0v) is 34.8. The highest BCUT2D eigenvalue weighted by molar-refractivity contribution is 8.13. The van der Waals surface area contributed by atoms with Crippen LogP contribution in [0, 0.1) is 5.41 Å². The van der Waals surface area contributed by atoms with Gasteiger partial charge in [0, 0.05) is 37.1 Å². The summed E-state index contributed by atoms with van der Waals surface area (Å²) in [5, 5.41) is 26.0. The number of imidazole rings is 1. The van der Waals surface area contributed by atoms with E-state index in [1.807, 2.05) is 13.0 Å². The van der Waals surface area contributed by atoms with E-state index in [1.165, 1.54) is 13.8 Å². The molecule has 10 N–H and O–H groups in total. The molecule has 1 saturated heterocycles. The van der Waals surface area contributed by atoms with E-state index in [0.29, 0.717) is 0 Å². The van der Waals surface area contributed by atoms with Gasteiger partial charge in [-0.15, -0.1) is 0 Å². The predicted molar refractivity (Wildman–Crippen MR) is 201 cm³/mol. The molecule has 3 rings (SSSR count). The predicted octanol–water partition coefficient (Wildman–Crippen LogP) is -0.0198. The second-order valence-electron chi connectivity index (χ2n) is 13.1. The van der Waals surface area contributed by atoms with Gasteiger partial charge in [-0.25, -0.2) is 28.6 Å². The number of nitrogens with one attached hydrogen (secondary N) is 2. The molecule has 2 unspecified atom stereocenters. The lowest BCUT2D eigenvalue weighted by atomic mass is 9.87. The molecule has 0 aliphatic carbocycles. The van der Waals surface area contributed by atoms with Crippen LogP contribution in [0.4, 0.5) is 5.82 Å². The number of ketones is 1. The molecule has 2 amide bonds. The fraction of sp³-hybridized carbons (Fsp3) is 0.621. The number of carbonyl (C=O) groups is 4. The summed E-state index contributed by atoms with van der Waals surface area (Å²) in [6.45, 7) is 2.21. The quantitative estimate of drug-likeness (QED) is 0.0289. The average Bonchev–Trinajstić information content (AvgIpc) is 3.68. The maximum atomic E-state index is 12.7. The van der Waals surface area contributed by atoms with Crippen LogP contribution in [0.5, 0.6) is 0 Å². The Morgan fingerprint density at radius 2 is 1.74 bits per heavy atom. The minimum atomic E-state index is -5.58. The Balaban J connectivity index is 1.46. The highest BCUT2D eigenvalue weighted by atomic mass is 32.2. The molecule has 0 bridgehead atoms. The molecule has 0 aromatic carbocycles. The standard InChI is InChI=1S/C29H46N7O18P3S/c1-4-5-6-7-17(37)12-20(39)58-11-10-31-19(38)8-9-32-27(42)24(41)29(2,3)14-51-57(48,49)54-56(46,47)50-13-18-23(53-55(43,44)45)22(40)28(52-18)36-16-35-21-25(30)33-15-34-26(21)36/h5-6,15-16,18,22-24,28,40-41H,4,7-14H2,1-3H3,(H,31,38)(H,32,42)(H,46,47)(H,48,49)(H2,30,33,34)(H2,43,44,45)/b6-5-/t18-,22-,23-,24+,28-/m1/s1. The third-order valence-electron chi connectivity index (χ3n) is 7.85. The first-order valence-electron chi connectivity index (χ1n) is 17.2. The maximum absolute atomic E-state index is 12.7. The Labute approximate surface area is 334 Å². The number of nitrogens with two attached hydrogens (primary N) is 1. The molecule has 1 aliphatic rings. The van der Waals surface area contributed by atoms with E-state index >= 15 is 0 Å². The number of rotatable bonds is 24. The zero-order valence-electron chi connectivity index (χ0n) is 31.3. The molecule has 7 atom stereocenters. The summed E-state index contributed by atoms with van der Waals surface area (Å²) < 4.78 is 62.1. The van der Waals surface area contributed by atoms with E-state index in [4.69, 9.17) is 19.5 Å². The van der Waals surface area contributed by atoms with E-state index in [9.17, 15) is 62.7 Å². The number of amides is 2. The summed E-state index contributed by atoms with van der Waals surface area (Å²) in [6, 6.07) is 0. The van der Waals surface area contributed by atoms with Crippen LogP contribution in [0.2, 0.25) is 0 Å². The summed E-state index contributed by atoms with van der Waals surface area (Å²) >= 11 is 0.893. The van der Waals surface area contributed by atoms with Gasteiger partial charge in [0.05, 0.1) is 26.0 Å². The number of ether oxygens (including phenoxy) is 1. The van der Waals surface area contributed by atoms with Gasteiger partial charge in [-0.2, -0.15) is 4.31 Å². The number of aromatic nitrogens is 4. The lowest BCUT2D eigenvalue weighted by molar-refractivity contribution is -0.137. The number of aliphatic hydroxyl groups is 2. The molecule has 3 heterocycles. The fourth-order valence-electron chi connectivity index (χ4n) is 4.96. The lowest BCUT2D eigenvalue weighted by Crippen LogP contribution is -2.46. The van der Waals surface area contributed by atoms with Crippen molar-refractivity contribution in [2.45, 2.75) is 77.1 Å². The summed E-state index contributed by atoms with van der Waals surface area (Å²) in [4.78, 5) is 99.3. The van der Waals surface area contributed by atoms with Crippen LogP contribution >= 0.6 is 35.2 Å². The third-order valence-corrected chi connectivity index (χ3v) is 11.8. The Bertz CT molecular complexity index is 1950. The van der Waals surface area contributed by atoms with E-state index < -0.39 is 84.6 Å². The Hall–Kier alpha value is -3.03. The van der Waals surface area contributed by atoms with Gasteiger partial charge in [-0.1, -0.05) is 44.7 Å². The van der Waals surface area contributed by atoms with Crippen molar-refractivity contribution >= 4 is 74.9 Å². The number of Topliss-reactive ketones (excluding diaryl/α,β-unsaturated/α-hetero) is 1. The van der Waals surface area contributed by atoms with Crippen LogP contribution in [-0.2, 0) is 55.5 Å². The van der Waals surface area contributed by atoms with Crippen LogP contribution in [0.1, 0.15) is 52.7 Å². The van der Waals surface area contributed by atoms with Crippen LogP contribution < -0.4 is 16.4 Å². The molecule has 0 radical (unpaired) electrons. The number of phosphoric ester groups is 3. The van der Waals surface area contributed by atoms with Crippen LogP contribution in [0.3, 0.4) is 0 Å². The number of nitrogens with zero attached hydrogens (tertiary/aromatic N) is 4. The summed E-state index contributed by atoms with van der Waals surface area (Å²) in [7, 11) is -16.4. The summed E-state index contributed by atoms with van der Waals surface area (Å²) in [5.74, 6) is -1.55. The van der Waals surface area contributed by atoms with Crippen LogP contribution in [0.15, 0.2) is 24.8 Å². The molecule has 2 aromatic heterocycles. The average molecular weight is 906 g/mol. The minimum Gasteiger partial charge on any atom is -0.386 e. The Morgan fingerprint density at radius 3 is 2.41 bits per heavy atom. The molecule has 1 aliphatic heterocycles. The number of carbonyl (C=O) groups excluding carboxylic acids is 4. The van der Waals surface area contributed by atoms with Crippen molar-refractivity contribution in [3.8, 4) is 0 Å². The number of anilines is 1. The van der Waals surface area contributed by atoms with E-state index in [1.54, 1.807) is 6.08 Å². The first kappa shape index (κ1) is 49.3. The molecule has 1 fully saturated rings. The first-order chi connectivity index (χ1) is 26.9. The van der Waals surface area contributed by atoms with Gasteiger partial charge in [0.2, 0.25) is 11.8 Å². The van der Waals surface area contributed by atoms with Crippen LogP contribution in [0.25, 0.3) is 11.2 Å². The van der Waals surface area contributed by atoms with Crippen molar-refractivity contribution in [1.29, 1.82) is 0 Å². The van der Waals surface area contributed by atoms with E-state index in [-0.39, 0.29) is 66.0 Å². The summed E-state index contributed by atoms with van der Waals surface area (Å²) in [5.41, 5.74) is 4.22. The highest BCUT2D eigenvalue weighted by Crippen LogP contribution is 2.61. The van der Waals surface area contributed by atoms with Gasteiger partial charge in [0.1, 0.15) is 42.0 Å². The van der Waals surface area contributed by atoms with Crippen molar-refractivity contribution in [1.82, 2.24) is 30.2 Å². The fourth-order valence-corrected chi connectivity index (χ4v) is 8.48. The molecular formula is C29H46N7O18P3S. The SMILES string of the molecule is CC/C=C\CC(=O)CC(=O)SCCNC(=O)CCNC(=O)[C@H](O)C(C)(C)COP(=O)(O)OP(=O)(O)OC[C@H]1O[C@@H](n2cnc3c(N)ncnc32)[C@H](O)[C@@H]1OP(=O)(O)O. The van der Waals surface area contributed by atoms with Gasteiger partial charge in [0.15, 0.2) is 22.8 Å². The van der Waals surface area contributed by atoms with Crippen molar-refractivity contribution in [3.05, 3.63) is 24.8 Å². The highest BCUT2D eigenvalue weighted by Gasteiger charge is 2.50. The normalized spacial score (nSPS) is 21.4. The van der Waals surface area contributed by atoms with Gasteiger partial charge in [0.25, 0.3) is 0 Å². The smallest absolute Gasteiger partial charge is 0.386 e. The molecule has 326 valence electrons. The Kier molecular flexibility index (Phi) is 18.3. The second-order valence-corrected chi connectivity index (χ2v) is 18.5. The minimum absolute atomic E-state index is 0.0237. The molecule has 58 heavy (non-hydrogen) atoms. The third kappa shape index (κ3) is 15.5. The van der Waals surface area contributed by atoms with Gasteiger partial charge >= 0.3 is 23.5 Å². The number of hydrogen-bond donors (Lipinski definition) is 9. The number of thioether (sulfide) groups is 1. The largest absolute Gasteiger partial charge is 0.481 e. The molecular weight excluding hydrogens is 859 g/mol. The summed E-state index contributed by atoms with van der Waals surface area (Å²) in [6.07, 6.45) is -2.80. The molecule has 0 spiro atoms. The van der Waals surface area contributed by atoms with Gasteiger partial charge < -0.3 is 50.9 Å². The number of phosphoric acid groups is 3. The number of hydrogen-bond acceptors (Lipinski definition) is 19. The van der Waals surface area contributed by atoms with E-state index in [0.717, 1.165) is 35.4 Å². The van der Waals surface area contributed by atoms with Gasteiger partial charge in [-0.05, 0) is 6.42 Å². The van der Waals surface area contributed by atoms with Crippen molar-refractivity contribution in [2.75, 3.05) is 37.8 Å². The number of fused-ring (bicyclic) bond motifs is 1.